The fraction of sp³-hybridized carbons (Fsp3) is 0.562. The van der Waals surface area contributed by atoms with Gasteiger partial charge in [-0.25, -0.2) is 0 Å². The van der Waals surface area contributed by atoms with Crippen LogP contribution in [0.3, 0.4) is 0 Å². The van der Waals surface area contributed by atoms with Crippen LogP contribution in [0.1, 0.15) is 36.5 Å². The summed E-state index contributed by atoms with van der Waals surface area (Å²) in [5.74, 6) is 0.457. The normalized spacial score (nSPS) is 16.7. The third-order valence-electron chi connectivity index (χ3n) is 3.93. The molecule has 1 saturated heterocycles. The summed E-state index contributed by atoms with van der Waals surface area (Å²) < 4.78 is 5.24. The number of nitrogen functional groups attached to an aromatic ring is 1. The molecule has 5 nitrogen and oxygen atoms in total. The topological polar surface area (TPSA) is 67.6 Å². The second kappa shape index (κ2) is 7.31. The number of amides is 1. The summed E-state index contributed by atoms with van der Waals surface area (Å²) in [4.78, 5) is 14.8. The van der Waals surface area contributed by atoms with Gasteiger partial charge in [0.05, 0.1) is 12.7 Å². The van der Waals surface area contributed by atoms with Crippen molar-refractivity contribution in [2.45, 2.75) is 32.2 Å². The third kappa shape index (κ3) is 4.11. The highest BCUT2D eigenvalue weighted by Gasteiger charge is 2.22. The van der Waals surface area contributed by atoms with Crippen molar-refractivity contribution in [2.75, 3.05) is 32.5 Å². The van der Waals surface area contributed by atoms with Crippen LogP contribution in [0.25, 0.3) is 0 Å². The summed E-state index contributed by atoms with van der Waals surface area (Å²) in [5.41, 5.74) is 6.84. The van der Waals surface area contributed by atoms with E-state index >= 15 is 0 Å². The summed E-state index contributed by atoms with van der Waals surface area (Å²) >= 11 is 0. The van der Waals surface area contributed by atoms with Crippen LogP contribution in [0, 0.1) is 0 Å². The SMILES string of the molecule is CCCN1CCC(NC(=O)c2cc(N)ccc2OC)CC1. The van der Waals surface area contributed by atoms with E-state index in [0.717, 1.165) is 32.5 Å². The van der Waals surface area contributed by atoms with Crippen molar-refractivity contribution in [1.82, 2.24) is 10.2 Å². The van der Waals surface area contributed by atoms with E-state index in [9.17, 15) is 4.79 Å². The lowest BCUT2D eigenvalue weighted by Gasteiger charge is -2.32. The zero-order valence-corrected chi connectivity index (χ0v) is 12.9. The van der Waals surface area contributed by atoms with Crippen LogP contribution in [0.15, 0.2) is 18.2 Å². The molecule has 0 bridgehead atoms. The molecule has 0 unspecified atom stereocenters. The minimum absolute atomic E-state index is 0.104. The van der Waals surface area contributed by atoms with Crippen molar-refractivity contribution >= 4 is 11.6 Å². The minimum atomic E-state index is -0.104. The number of ether oxygens (including phenoxy) is 1. The molecule has 0 aliphatic carbocycles. The van der Waals surface area contributed by atoms with Gasteiger partial charge in [0.1, 0.15) is 5.75 Å². The average Bonchev–Trinajstić information content (AvgIpc) is 2.49. The van der Waals surface area contributed by atoms with Gasteiger partial charge in [-0.15, -0.1) is 0 Å². The Balaban J connectivity index is 1.95. The Morgan fingerprint density at radius 3 is 2.76 bits per heavy atom. The fourth-order valence-corrected chi connectivity index (χ4v) is 2.78. The number of benzene rings is 1. The molecule has 1 aromatic carbocycles. The van der Waals surface area contributed by atoms with Crippen molar-refractivity contribution in [1.29, 1.82) is 0 Å². The number of nitrogens with two attached hydrogens (primary N) is 1. The number of likely N-dealkylation sites (tertiary alicyclic amines) is 1. The van der Waals surface area contributed by atoms with Crippen LogP contribution < -0.4 is 15.8 Å². The van der Waals surface area contributed by atoms with Gasteiger partial charge in [0.15, 0.2) is 0 Å². The van der Waals surface area contributed by atoms with Crippen molar-refractivity contribution in [2.24, 2.45) is 0 Å². The predicted molar refractivity (Wildman–Crippen MR) is 84.6 cm³/mol. The van der Waals surface area contributed by atoms with E-state index in [1.54, 1.807) is 25.3 Å². The first-order valence-corrected chi connectivity index (χ1v) is 7.60. The molecule has 21 heavy (non-hydrogen) atoms. The fourth-order valence-electron chi connectivity index (χ4n) is 2.78. The molecule has 0 atom stereocenters. The lowest BCUT2D eigenvalue weighted by atomic mass is 10.0. The number of hydrogen-bond donors (Lipinski definition) is 2. The van der Waals surface area contributed by atoms with Crippen LogP contribution >= 0.6 is 0 Å². The number of nitrogens with zero attached hydrogens (tertiary/aromatic N) is 1. The number of nitrogens with one attached hydrogen (secondary N) is 1. The number of piperidine rings is 1. The number of methoxy groups -OCH3 is 1. The largest absolute Gasteiger partial charge is 0.496 e. The van der Waals surface area contributed by atoms with E-state index < -0.39 is 0 Å². The maximum absolute atomic E-state index is 12.4. The Morgan fingerprint density at radius 1 is 1.43 bits per heavy atom. The number of carbonyl (C=O) groups is 1. The van der Waals surface area contributed by atoms with Crippen LogP contribution in [0.5, 0.6) is 5.75 Å². The van der Waals surface area contributed by atoms with Gasteiger partial charge in [0.25, 0.3) is 5.91 Å². The summed E-state index contributed by atoms with van der Waals surface area (Å²) in [6.07, 6.45) is 3.17. The Bertz CT molecular complexity index is 482. The van der Waals surface area contributed by atoms with E-state index in [1.807, 2.05) is 0 Å². The smallest absolute Gasteiger partial charge is 0.255 e. The maximum atomic E-state index is 12.4. The molecule has 2 rings (SSSR count). The molecular weight excluding hydrogens is 266 g/mol. The number of rotatable bonds is 5. The summed E-state index contributed by atoms with van der Waals surface area (Å²) in [7, 11) is 1.56. The quantitative estimate of drug-likeness (QED) is 0.813. The lowest BCUT2D eigenvalue weighted by Crippen LogP contribution is -2.44. The van der Waals surface area contributed by atoms with Gasteiger partial charge in [0.2, 0.25) is 0 Å². The van der Waals surface area contributed by atoms with Gasteiger partial charge >= 0.3 is 0 Å². The second-order valence-corrected chi connectivity index (χ2v) is 5.55. The molecule has 1 heterocycles. The van der Waals surface area contributed by atoms with Crippen LogP contribution in [-0.4, -0.2) is 43.6 Å². The zero-order chi connectivity index (χ0) is 15.2. The van der Waals surface area contributed by atoms with E-state index in [0.29, 0.717) is 17.0 Å². The number of hydrogen-bond acceptors (Lipinski definition) is 4. The summed E-state index contributed by atoms with van der Waals surface area (Å²) in [6.45, 7) is 5.43. The van der Waals surface area contributed by atoms with Crippen LogP contribution in [0.4, 0.5) is 5.69 Å². The van der Waals surface area contributed by atoms with Gasteiger partial charge < -0.3 is 20.7 Å². The number of anilines is 1. The molecule has 0 aromatic heterocycles. The highest BCUT2D eigenvalue weighted by molar-refractivity contribution is 5.98. The summed E-state index contributed by atoms with van der Waals surface area (Å²) in [5, 5.41) is 3.10. The minimum Gasteiger partial charge on any atom is -0.496 e. The average molecular weight is 291 g/mol. The van der Waals surface area contributed by atoms with Gasteiger partial charge in [-0.2, -0.15) is 0 Å². The standard InChI is InChI=1S/C16H25N3O2/c1-3-8-19-9-6-13(7-10-19)18-16(20)14-11-12(17)4-5-15(14)21-2/h4-5,11,13H,3,6-10,17H2,1-2H3,(H,18,20). The first kappa shape index (κ1) is 15.6. The molecule has 1 amide bonds. The first-order chi connectivity index (χ1) is 10.1. The molecular formula is C16H25N3O2. The molecule has 116 valence electrons. The Morgan fingerprint density at radius 2 is 2.14 bits per heavy atom. The van der Waals surface area contributed by atoms with E-state index in [1.165, 1.54) is 6.42 Å². The van der Waals surface area contributed by atoms with Crippen molar-refractivity contribution < 1.29 is 9.53 Å². The first-order valence-electron chi connectivity index (χ1n) is 7.60. The van der Waals surface area contributed by atoms with Crippen molar-refractivity contribution in [3.05, 3.63) is 23.8 Å². The molecule has 1 fully saturated rings. The highest BCUT2D eigenvalue weighted by Crippen LogP contribution is 2.21. The Hall–Kier alpha value is -1.75. The molecule has 5 heteroatoms. The molecule has 0 spiro atoms. The van der Waals surface area contributed by atoms with E-state index in [4.69, 9.17) is 10.5 Å². The Labute approximate surface area is 126 Å². The molecule has 3 N–H and O–H groups in total. The van der Waals surface area contributed by atoms with Crippen LogP contribution in [-0.2, 0) is 0 Å². The molecule has 0 saturated carbocycles. The second-order valence-electron chi connectivity index (χ2n) is 5.55. The van der Waals surface area contributed by atoms with Crippen molar-refractivity contribution in [3.8, 4) is 5.75 Å². The van der Waals surface area contributed by atoms with E-state index in [2.05, 4.69) is 17.1 Å². The molecule has 1 aliphatic rings. The molecule has 1 aliphatic heterocycles. The maximum Gasteiger partial charge on any atom is 0.255 e. The lowest BCUT2D eigenvalue weighted by molar-refractivity contribution is 0.0908. The van der Waals surface area contributed by atoms with Gasteiger partial charge in [0, 0.05) is 24.8 Å². The van der Waals surface area contributed by atoms with Gasteiger partial charge in [-0.1, -0.05) is 6.92 Å². The number of carbonyl (C=O) groups excluding carboxylic acids is 1. The van der Waals surface area contributed by atoms with Crippen LogP contribution in [0.2, 0.25) is 0 Å². The predicted octanol–water partition coefficient (Wildman–Crippen LogP) is 1.88. The molecule has 0 radical (unpaired) electrons. The van der Waals surface area contributed by atoms with Gasteiger partial charge in [-0.05, 0) is 44.0 Å². The zero-order valence-electron chi connectivity index (χ0n) is 12.9. The van der Waals surface area contributed by atoms with Crippen molar-refractivity contribution in [3.63, 3.8) is 0 Å². The Kier molecular flexibility index (Phi) is 5.44. The highest BCUT2D eigenvalue weighted by atomic mass is 16.5. The third-order valence-corrected chi connectivity index (χ3v) is 3.93. The van der Waals surface area contributed by atoms with Gasteiger partial charge in [-0.3, -0.25) is 4.79 Å². The summed E-state index contributed by atoms with van der Waals surface area (Å²) in [6, 6.07) is 5.37. The van der Waals surface area contributed by atoms with E-state index in [-0.39, 0.29) is 11.9 Å². The monoisotopic (exact) mass is 291 g/mol. The molecule has 1 aromatic rings.